The van der Waals surface area contributed by atoms with Crippen LogP contribution in [-0.4, -0.2) is 22.4 Å². The number of carbonyl (C=O) groups excluding carboxylic acids is 1. The summed E-state index contributed by atoms with van der Waals surface area (Å²) in [6.45, 7) is 2.18. The number of nitrogens with zero attached hydrogens (tertiary/aromatic N) is 2. The molecule has 1 aromatic heterocycles. The van der Waals surface area contributed by atoms with Crippen LogP contribution in [-0.2, 0) is 11.8 Å². The van der Waals surface area contributed by atoms with Crippen LogP contribution in [0.2, 0.25) is 0 Å². The molecular formula is C7H8N2O2S5. The predicted octanol–water partition coefficient (Wildman–Crippen LogP) is 3.65. The van der Waals surface area contributed by atoms with Crippen molar-refractivity contribution in [3.8, 4) is 0 Å². The highest BCUT2D eigenvalue weighted by atomic mass is 33.8. The van der Waals surface area contributed by atoms with Crippen molar-refractivity contribution in [3.05, 3.63) is 5.69 Å². The number of carbonyl (C=O) groups is 1. The molecule has 1 aliphatic rings. The van der Waals surface area contributed by atoms with Crippen LogP contribution >= 0.6 is 51.1 Å². The van der Waals surface area contributed by atoms with E-state index in [-0.39, 0.29) is 5.97 Å². The Labute approximate surface area is 112 Å². The fourth-order valence-electron chi connectivity index (χ4n) is 1.14. The number of aryl methyl sites for hydroxylation is 1. The molecule has 88 valence electrons. The van der Waals surface area contributed by atoms with Gasteiger partial charge in [-0.15, -0.1) is 0 Å². The molecule has 0 aliphatic carbocycles. The van der Waals surface area contributed by atoms with Crippen molar-refractivity contribution in [2.75, 3.05) is 6.61 Å². The first-order chi connectivity index (χ1) is 7.74. The van der Waals surface area contributed by atoms with Crippen LogP contribution in [0, 0.1) is 0 Å². The lowest BCUT2D eigenvalue weighted by atomic mass is 10.4. The Bertz CT molecular complexity index is 408. The molecule has 0 bridgehead atoms. The standard InChI is InChI=1S/C7H8N2O2S5/c1-3-11-7(10)4-5-6(8-9(4)2)13-15-16-14-12-5/h3H2,1-2H3. The average Bonchev–Trinajstić information content (AvgIpc) is 2.43. The zero-order chi connectivity index (χ0) is 11.5. The van der Waals surface area contributed by atoms with Gasteiger partial charge in [-0.1, -0.05) is 0 Å². The second-order valence-corrected chi connectivity index (χ2v) is 10.1. The Morgan fingerprint density at radius 1 is 1.38 bits per heavy atom. The van der Waals surface area contributed by atoms with E-state index in [0.29, 0.717) is 12.3 Å². The SMILES string of the molecule is CCOC(=O)c1c2c(nn1C)SSSSS2. The number of rotatable bonds is 2. The number of hydrogen-bond acceptors (Lipinski definition) is 8. The Hall–Kier alpha value is 0.430. The van der Waals surface area contributed by atoms with Gasteiger partial charge in [-0.3, -0.25) is 4.68 Å². The Morgan fingerprint density at radius 2 is 2.12 bits per heavy atom. The second-order valence-electron chi connectivity index (χ2n) is 2.70. The molecule has 4 nitrogen and oxygen atoms in total. The molecule has 0 unspecified atom stereocenters. The van der Waals surface area contributed by atoms with Crippen molar-refractivity contribution in [3.63, 3.8) is 0 Å². The van der Waals surface area contributed by atoms with Crippen molar-refractivity contribution < 1.29 is 9.53 Å². The minimum atomic E-state index is -0.302. The van der Waals surface area contributed by atoms with E-state index in [1.54, 1.807) is 69.7 Å². The maximum atomic E-state index is 11.8. The monoisotopic (exact) mass is 312 g/mol. The van der Waals surface area contributed by atoms with Gasteiger partial charge in [0.25, 0.3) is 0 Å². The number of esters is 1. The Morgan fingerprint density at radius 3 is 2.88 bits per heavy atom. The van der Waals surface area contributed by atoms with Crippen molar-refractivity contribution in [1.82, 2.24) is 9.78 Å². The quantitative estimate of drug-likeness (QED) is 0.605. The minimum Gasteiger partial charge on any atom is -0.461 e. The zero-order valence-electron chi connectivity index (χ0n) is 8.46. The summed E-state index contributed by atoms with van der Waals surface area (Å²) in [6.07, 6.45) is 0. The smallest absolute Gasteiger partial charge is 0.357 e. The number of ether oxygens (including phenoxy) is 1. The van der Waals surface area contributed by atoms with Crippen molar-refractivity contribution in [1.29, 1.82) is 0 Å². The highest BCUT2D eigenvalue weighted by molar-refractivity contribution is 9.36. The van der Waals surface area contributed by atoms with E-state index in [0.717, 1.165) is 9.92 Å². The third kappa shape index (κ3) is 2.63. The van der Waals surface area contributed by atoms with Crippen LogP contribution in [0.15, 0.2) is 9.92 Å². The van der Waals surface area contributed by atoms with Gasteiger partial charge in [0.1, 0.15) is 5.03 Å². The molecule has 0 saturated heterocycles. The van der Waals surface area contributed by atoms with Gasteiger partial charge in [0.05, 0.1) is 11.5 Å². The molecular weight excluding hydrogens is 304 g/mol. The summed E-state index contributed by atoms with van der Waals surface area (Å²) in [7, 11) is 9.87. The van der Waals surface area contributed by atoms with Crippen LogP contribution in [0.25, 0.3) is 0 Å². The fourth-order valence-corrected chi connectivity index (χ4v) is 9.95. The number of aromatic nitrogens is 2. The molecule has 0 amide bonds. The molecule has 16 heavy (non-hydrogen) atoms. The van der Waals surface area contributed by atoms with Gasteiger partial charge in [0, 0.05) is 7.05 Å². The predicted molar refractivity (Wildman–Crippen MR) is 73.7 cm³/mol. The number of hydrogen-bond donors (Lipinski definition) is 0. The van der Waals surface area contributed by atoms with E-state index in [1.165, 1.54) is 0 Å². The first-order valence-corrected chi connectivity index (χ1v) is 10.5. The number of fused-ring (bicyclic) bond motifs is 1. The van der Waals surface area contributed by atoms with Gasteiger partial charge in [-0.05, 0) is 58.0 Å². The van der Waals surface area contributed by atoms with Crippen molar-refractivity contribution in [2.24, 2.45) is 7.05 Å². The van der Waals surface area contributed by atoms with Crippen LogP contribution in [0.4, 0.5) is 0 Å². The fraction of sp³-hybridized carbons (Fsp3) is 0.429. The van der Waals surface area contributed by atoms with Gasteiger partial charge >= 0.3 is 5.97 Å². The molecule has 2 rings (SSSR count). The Balaban J connectivity index is 2.36. The van der Waals surface area contributed by atoms with Crippen LogP contribution < -0.4 is 0 Å². The summed E-state index contributed by atoms with van der Waals surface area (Å²) in [5.74, 6) is -0.302. The van der Waals surface area contributed by atoms with Gasteiger partial charge < -0.3 is 4.74 Å². The molecule has 0 N–H and O–H groups in total. The third-order valence-electron chi connectivity index (χ3n) is 1.73. The van der Waals surface area contributed by atoms with E-state index in [2.05, 4.69) is 5.10 Å². The van der Waals surface area contributed by atoms with E-state index >= 15 is 0 Å². The van der Waals surface area contributed by atoms with Gasteiger partial charge in [0.2, 0.25) is 0 Å². The van der Waals surface area contributed by atoms with Gasteiger partial charge in [-0.25, -0.2) is 4.79 Å². The summed E-state index contributed by atoms with van der Waals surface area (Å²) < 4.78 is 6.63. The highest BCUT2D eigenvalue weighted by Crippen LogP contribution is 2.59. The molecule has 2 heterocycles. The van der Waals surface area contributed by atoms with Crippen molar-refractivity contribution in [2.45, 2.75) is 16.8 Å². The summed E-state index contributed by atoms with van der Waals surface area (Å²) in [6, 6.07) is 0. The molecule has 0 atom stereocenters. The first-order valence-electron chi connectivity index (χ1n) is 4.32. The Kier molecular flexibility index (Phi) is 4.71. The van der Waals surface area contributed by atoms with Gasteiger partial charge in [-0.2, -0.15) is 5.10 Å². The lowest BCUT2D eigenvalue weighted by molar-refractivity contribution is 0.0509. The largest absolute Gasteiger partial charge is 0.461 e. The molecule has 0 fully saturated rings. The summed E-state index contributed by atoms with van der Waals surface area (Å²) in [4.78, 5) is 12.7. The molecule has 9 heteroatoms. The summed E-state index contributed by atoms with van der Waals surface area (Å²) in [5.41, 5.74) is 0.546. The first kappa shape index (κ1) is 12.9. The molecule has 0 aromatic carbocycles. The molecule has 0 spiro atoms. The highest BCUT2D eigenvalue weighted by Gasteiger charge is 2.26. The average molecular weight is 312 g/mol. The molecule has 1 aromatic rings. The van der Waals surface area contributed by atoms with Gasteiger partial charge in [0.15, 0.2) is 5.69 Å². The van der Waals surface area contributed by atoms with E-state index in [4.69, 9.17) is 4.74 Å². The molecule has 1 aliphatic heterocycles. The summed E-state index contributed by atoms with van der Waals surface area (Å²) in [5, 5.41) is 5.21. The molecule has 0 radical (unpaired) electrons. The maximum Gasteiger partial charge on any atom is 0.357 e. The maximum absolute atomic E-state index is 11.8. The normalized spacial score (nSPS) is 15.4. The van der Waals surface area contributed by atoms with E-state index < -0.39 is 0 Å². The van der Waals surface area contributed by atoms with E-state index in [9.17, 15) is 4.79 Å². The topological polar surface area (TPSA) is 44.1 Å². The molecule has 0 saturated carbocycles. The summed E-state index contributed by atoms with van der Waals surface area (Å²) >= 11 is 0. The second kappa shape index (κ2) is 5.85. The van der Waals surface area contributed by atoms with Crippen molar-refractivity contribution >= 4 is 57.0 Å². The zero-order valence-corrected chi connectivity index (χ0v) is 12.5. The van der Waals surface area contributed by atoms with E-state index in [1.807, 2.05) is 0 Å². The van der Waals surface area contributed by atoms with Crippen LogP contribution in [0.1, 0.15) is 17.4 Å². The lowest BCUT2D eigenvalue weighted by Crippen LogP contribution is -2.11. The van der Waals surface area contributed by atoms with Crippen LogP contribution in [0.5, 0.6) is 0 Å². The third-order valence-corrected chi connectivity index (χ3v) is 10.0. The lowest BCUT2D eigenvalue weighted by Gasteiger charge is -2.03. The minimum absolute atomic E-state index is 0.302. The van der Waals surface area contributed by atoms with Crippen LogP contribution in [0.3, 0.4) is 0 Å².